The molecule has 7 rings (SSSR count). The van der Waals surface area contributed by atoms with E-state index in [2.05, 4.69) is 10.2 Å². The topological polar surface area (TPSA) is 132 Å². The number of halogens is 2. The van der Waals surface area contributed by atoms with Crippen LogP contribution in [0.3, 0.4) is 0 Å². The van der Waals surface area contributed by atoms with Crippen molar-refractivity contribution in [1.82, 2.24) is 4.90 Å². The number of allylic oxidation sites excluding steroid dienone is 3. The maximum absolute atomic E-state index is 14.3. The van der Waals surface area contributed by atoms with E-state index in [0.717, 1.165) is 10.6 Å². The largest absolute Gasteiger partial charge is 0.504 e. The van der Waals surface area contributed by atoms with Crippen LogP contribution in [0.2, 0.25) is 0 Å². The number of aromatic hydroxyl groups is 1. The molecule has 2 saturated heterocycles. The van der Waals surface area contributed by atoms with E-state index >= 15 is 0 Å². The van der Waals surface area contributed by atoms with E-state index in [1.807, 2.05) is 49.3 Å². The summed E-state index contributed by atoms with van der Waals surface area (Å²) in [6, 6.07) is 19.1. The first-order chi connectivity index (χ1) is 24.3. The lowest BCUT2D eigenvalue weighted by molar-refractivity contribution is -0.138. The van der Waals surface area contributed by atoms with Gasteiger partial charge >= 0.3 is 0 Å². The van der Waals surface area contributed by atoms with Gasteiger partial charge in [0, 0.05) is 32.7 Å². The lowest BCUT2D eigenvalue weighted by Gasteiger charge is -2.49. The standard InChI is InChI=1S/C38H35Cl2N5O6/c1-43(2)24-11-7-22(8-12-24)41-42-23-9-13-25(14-10-23)45-33(47)27-16-15-26-28(32(27)34(45)48)20-37(39)35(49)44(3)36(50)38(37,40)29(26)17-5-21-6-18-30(46)31(19-21)51-4/h5-15,17-19,27-29,32,46H,16,20H2,1-4H3/t27-,28+,29-,32-,37+,38-/m0/s1. The van der Waals surface area contributed by atoms with Gasteiger partial charge in [-0.15, -0.1) is 23.2 Å². The average molecular weight is 729 g/mol. The fourth-order valence-electron chi connectivity index (χ4n) is 7.85. The Morgan fingerprint density at radius 2 is 1.55 bits per heavy atom. The molecule has 0 unspecified atom stereocenters. The molecule has 2 aliphatic carbocycles. The molecule has 6 atom stereocenters. The second kappa shape index (κ2) is 12.6. The molecule has 262 valence electrons. The molecule has 2 heterocycles. The number of phenols is 1. The van der Waals surface area contributed by atoms with Crippen molar-refractivity contribution in [1.29, 1.82) is 0 Å². The number of hydrogen-bond donors (Lipinski definition) is 1. The molecular weight excluding hydrogens is 693 g/mol. The first-order valence-electron chi connectivity index (χ1n) is 16.4. The Balaban J connectivity index is 1.19. The number of hydrogen-bond acceptors (Lipinski definition) is 9. The number of nitrogens with zero attached hydrogens (tertiary/aromatic N) is 5. The zero-order chi connectivity index (χ0) is 36.4. The molecular formula is C38H35Cl2N5O6. The molecule has 11 nitrogen and oxygen atoms in total. The summed E-state index contributed by atoms with van der Waals surface area (Å²) in [6.07, 6.45) is 5.44. The number of fused-ring (bicyclic) bond motifs is 4. The maximum Gasteiger partial charge on any atom is 0.253 e. The highest BCUT2D eigenvalue weighted by Crippen LogP contribution is 2.63. The van der Waals surface area contributed by atoms with Crippen molar-refractivity contribution in [2.75, 3.05) is 38.1 Å². The summed E-state index contributed by atoms with van der Waals surface area (Å²) >= 11 is 14.4. The lowest BCUT2D eigenvalue weighted by Crippen LogP contribution is -2.60. The van der Waals surface area contributed by atoms with E-state index in [4.69, 9.17) is 27.9 Å². The van der Waals surface area contributed by atoms with E-state index in [-0.39, 0.29) is 30.2 Å². The van der Waals surface area contributed by atoms with Crippen LogP contribution in [0, 0.1) is 23.7 Å². The number of benzene rings is 3. The van der Waals surface area contributed by atoms with Gasteiger partial charge in [-0.05, 0) is 85.0 Å². The predicted octanol–water partition coefficient (Wildman–Crippen LogP) is 6.62. The van der Waals surface area contributed by atoms with Gasteiger partial charge in [-0.2, -0.15) is 10.2 Å². The first kappa shape index (κ1) is 34.4. The summed E-state index contributed by atoms with van der Waals surface area (Å²) in [5.74, 6) is -4.88. The number of alkyl halides is 2. The van der Waals surface area contributed by atoms with Crippen LogP contribution < -0.4 is 14.5 Å². The summed E-state index contributed by atoms with van der Waals surface area (Å²) in [6.45, 7) is 0. The molecule has 51 heavy (non-hydrogen) atoms. The van der Waals surface area contributed by atoms with Crippen LogP contribution in [0.15, 0.2) is 94.7 Å². The third-order valence-electron chi connectivity index (χ3n) is 10.5. The van der Waals surface area contributed by atoms with Crippen molar-refractivity contribution in [2.45, 2.75) is 22.6 Å². The lowest BCUT2D eigenvalue weighted by atomic mass is 9.57. The Morgan fingerprint density at radius 3 is 2.18 bits per heavy atom. The van der Waals surface area contributed by atoms with E-state index in [9.17, 15) is 24.3 Å². The number of azo groups is 1. The second-order valence-corrected chi connectivity index (χ2v) is 14.7. The van der Waals surface area contributed by atoms with Gasteiger partial charge in [-0.25, -0.2) is 0 Å². The Morgan fingerprint density at radius 1 is 0.902 bits per heavy atom. The zero-order valence-electron chi connectivity index (χ0n) is 28.3. The highest BCUT2D eigenvalue weighted by Gasteiger charge is 2.75. The first-order valence-corrected chi connectivity index (χ1v) is 17.2. The highest BCUT2D eigenvalue weighted by atomic mass is 35.5. The number of rotatable bonds is 7. The minimum Gasteiger partial charge on any atom is -0.504 e. The highest BCUT2D eigenvalue weighted by molar-refractivity contribution is 6.53. The van der Waals surface area contributed by atoms with Crippen molar-refractivity contribution in [3.8, 4) is 11.5 Å². The van der Waals surface area contributed by atoms with Crippen molar-refractivity contribution in [2.24, 2.45) is 33.9 Å². The second-order valence-electron chi connectivity index (χ2n) is 13.5. The number of imide groups is 2. The molecule has 1 saturated carbocycles. The molecule has 4 aliphatic rings. The fourth-order valence-corrected chi connectivity index (χ4v) is 8.83. The number of phenolic OH excluding ortho intramolecular Hbond substituents is 1. The van der Waals surface area contributed by atoms with Crippen LogP contribution in [0.5, 0.6) is 11.5 Å². The van der Waals surface area contributed by atoms with Crippen LogP contribution in [0.4, 0.5) is 22.7 Å². The Labute approximate surface area is 304 Å². The van der Waals surface area contributed by atoms with Gasteiger partial charge in [0.1, 0.15) is 0 Å². The van der Waals surface area contributed by atoms with E-state index in [0.29, 0.717) is 28.2 Å². The third-order valence-corrected chi connectivity index (χ3v) is 11.9. The van der Waals surface area contributed by atoms with E-state index in [1.165, 1.54) is 25.1 Å². The molecule has 0 radical (unpaired) electrons. The fraction of sp³-hybridized carbons (Fsp3) is 0.316. The van der Waals surface area contributed by atoms with Crippen LogP contribution in [0.25, 0.3) is 6.08 Å². The van der Waals surface area contributed by atoms with Gasteiger partial charge in [0.2, 0.25) is 11.8 Å². The smallest absolute Gasteiger partial charge is 0.253 e. The van der Waals surface area contributed by atoms with Gasteiger partial charge in [-0.1, -0.05) is 29.9 Å². The molecule has 3 aromatic carbocycles. The Bertz CT molecular complexity index is 2050. The van der Waals surface area contributed by atoms with E-state index < -0.39 is 51.1 Å². The number of carbonyl (C=O) groups excluding carboxylic acids is 4. The number of methoxy groups -OCH3 is 1. The van der Waals surface area contributed by atoms with Gasteiger partial charge in [0.25, 0.3) is 11.8 Å². The molecule has 4 amide bonds. The van der Waals surface area contributed by atoms with Crippen molar-refractivity contribution < 1.29 is 29.0 Å². The summed E-state index contributed by atoms with van der Waals surface area (Å²) in [7, 11) is 6.69. The number of carbonyl (C=O) groups is 4. The van der Waals surface area contributed by atoms with Crippen molar-refractivity contribution >= 4 is 75.7 Å². The summed E-state index contributed by atoms with van der Waals surface area (Å²) in [5, 5.41) is 18.7. The molecule has 3 aromatic rings. The number of likely N-dealkylation sites (tertiary alicyclic amines) is 1. The zero-order valence-corrected chi connectivity index (χ0v) is 29.8. The SMILES string of the molecule is COc1cc(C=C[C@H]2C3=CC[C@@H]4C(=O)N(c5ccc(N=Nc6ccc(N(C)C)cc6)cc5)C(=O)[C@@H]4[C@@H]3C[C@@]3(Cl)C(=O)N(C)C(=O)[C@@]23Cl)ccc1O. The quantitative estimate of drug-likeness (QED) is 0.125. The van der Waals surface area contributed by atoms with Crippen LogP contribution in [0.1, 0.15) is 18.4 Å². The number of ether oxygens (including phenoxy) is 1. The van der Waals surface area contributed by atoms with Gasteiger partial charge in [-0.3, -0.25) is 29.0 Å². The number of anilines is 2. The molecule has 0 bridgehead atoms. The third kappa shape index (κ3) is 5.33. The Hall–Kier alpha value is -5.00. The summed E-state index contributed by atoms with van der Waals surface area (Å²) < 4.78 is 5.24. The average Bonchev–Trinajstić information content (AvgIpc) is 3.46. The summed E-state index contributed by atoms with van der Waals surface area (Å²) in [4.78, 5) is 56.0. The summed E-state index contributed by atoms with van der Waals surface area (Å²) in [5.41, 5.74) is 3.96. The molecule has 2 aliphatic heterocycles. The van der Waals surface area contributed by atoms with Gasteiger partial charge in [0.05, 0.1) is 36.0 Å². The minimum atomic E-state index is -1.88. The molecule has 1 N–H and O–H groups in total. The minimum absolute atomic E-state index is 0.0424. The predicted molar refractivity (Wildman–Crippen MR) is 194 cm³/mol. The van der Waals surface area contributed by atoms with Gasteiger partial charge in [0.15, 0.2) is 21.2 Å². The molecule has 3 fully saturated rings. The van der Waals surface area contributed by atoms with Crippen LogP contribution >= 0.6 is 23.2 Å². The monoisotopic (exact) mass is 727 g/mol. The molecule has 0 aromatic heterocycles. The molecule has 0 spiro atoms. The maximum atomic E-state index is 14.3. The molecule has 13 heteroatoms. The van der Waals surface area contributed by atoms with Gasteiger partial charge < -0.3 is 14.7 Å². The van der Waals surface area contributed by atoms with Crippen molar-refractivity contribution in [3.63, 3.8) is 0 Å². The Kier molecular flexibility index (Phi) is 8.54. The van der Waals surface area contributed by atoms with E-state index in [1.54, 1.807) is 48.6 Å². The van der Waals surface area contributed by atoms with Crippen LogP contribution in [-0.4, -0.2) is 71.6 Å². The van der Waals surface area contributed by atoms with Crippen LogP contribution in [-0.2, 0) is 19.2 Å². The normalized spacial score (nSPS) is 28.7. The number of amides is 4. The van der Waals surface area contributed by atoms with Crippen molar-refractivity contribution in [3.05, 3.63) is 90.0 Å².